The highest BCUT2D eigenvalue weighted by molar-refractivity contribution is 5.94. The first kappa shape index (κ1) is 15.9. The van der Waals surface area contributed by atoms with Gasteiger partial charge in [0.2, 0.25) is 6.10 Å². The van der Waals surface area contributed by atoms with Crippen LogP contribution in [-0.2, 0) is 4.79 Å². The van der Waals surface area contributed by atoms with Crippen molar-refractivity contribution in [1.29, 1.82) is 0 Å². The van der Waals surface area contributed by atoms with Crippen molar-refractivity contribution >= 4 is 11.8 Å². The molecule has 0 saturated heterocycles. The van der Waals surface area contributed by atoms with Crippen molar-refractivity contribution < 1.29 is 28.5 Å². The summed E-state index contributed by atoms with van der Waals surface area (Å²) >= 11 is 0. The van der Waals surface area contributed by atoms with E-state index in [9.17, 15) is 9.59 Å². The Morgan fingerprint density at radius 3 is 2.54 bits per heavy atom. The minimum absolute atomic E-state index is 0.0592. The molecule has 2 aromatic carbocycles. The highest BCUT2D eigenvalue weighted by Gasteiger charge is 2.29. The van der Waals surface area contributed by atoms with Crippen LogP contribution in [0.25, 0.3) is 0 Å². The first-order chi connectivity index (χ1) is 11.6. The topological polar surface area (TPSA) is 71.1 Å². The van der Waals surface area contributed by atoms with E-state index >= 15 is 0 Å². The third kappa shape index (κ3) is 3.17. The van der Waals surface area contributed by atoms with E-state index in [1.807, 2.05) is 6.07 Å². The zero-order valence-electron chi connectivity index (χ0n) is 13.3. The number of fused-ring (bicyclic) bond motifs is 1. The summed E-state index contributed by atoms with van der Waals surface area (Å²) in [4.78, 5) is 23.7. The Kier molecular flexibility index (Phi) is 4.37. The van der Waals surface area contributed by atoms with Gasteiger partial charge in [0.1, 0.15) is 6.61 Å². The largest absolute Gasteiger partial charge is 0.493 e. The molecule has 24 heavy (non-hydrogen) atoms. The Hall–Kier alpha value is -3.02. The summed E-state index contributed by atoms with van der Waals surface area (Å²) in [5.41, 5.74) is 0.470. The van der Waals surface area contributed by atoms with Gasteiger partial charge in [-0.3, -0.25) is 4.79 Å². The highest BCUT2D eigenvalue weighted by atomic mass is 16.6. The number of para-hydroxylation sites is 2. The van der Waals surface area contributed by atoms with Gasteiger partial charge < -0.3 is 18.9 Å². The van der Waals surface area contributed by atoms with Crippen LogP contribution in [-0.4, -0.2) is 31.6 Å². The van der Waals surface area contributed by atoms with Gasteiger partial charge >= 0.3 is 5.97 Å². The quantitative estimate of drug-likeness (QED) is 0.488. The molecule has 0 radical (unpaired) electrons. The number of ketones is 1. The monoisotopic (exact) mass is 328 g/mol. The third-order valence-corrected chi connectivity index (χ3v) is 3.55. The van der Waals surface area contributed by atoms with Crippen LogP contribution < -0.4 is 18.9 Å². The van der Waals surface area contributed by atoms with E-state index in [4.69, 9.17) is 18.9 Å². The Bertz CT molecular complexity index is 783. The average molecular weight is 328 g/mol. The molecule has 1 aliphatic rings. The van der Waals surface area contributed by atoms with Crippen LogP contribution in [0.5, 0.6) is 23.0 Å². The molecule has 1 aliphatic heterocycles. The Balaban J connectivity index is 1.75. The highest BCUT2D eigenvalue weighted by Crippen LogP contribution is 2.32. The van der Waals surface area contributed by atoms with Crippen molar-refractivity contribution in [2.45, 2.75) is 13.0 Å². The number of esters is 1. The van der Waals surface area contributed by atoms with E-state index in [2.05, 4.69) is 0 Å². The molecule has 0 unspecified atom stereocenters. The molecule has 0 spiro atoms. The van der Waals surface area contributed by atoms with Crippen LogP contribution >= 0.6 is 0 Å². The molecular formula is C18H16O6. The SMILES string of the molecule is COc1cc(C(C)=O)ccc1OC(=O)[C@@H]1COc2ccccc2O1. The van der Waals surface area contributed by atoms with Gasteiger partial charge in [0.05, 0.1) is 7.11 Å². The molecule has 6 heteroatoms. The summed E-state index contributed by atoms with van der Waals surface area (Å²) < 4.78 is 21.6. The Labute approximate surface area is 138 Å². The molecule has 0 saturated carbocycles. The molecule has 2 aromatic rings. The fourth-order valence-electron chi connectivity index (χ4n) is 2.28. The van der Waals surface area contributed by atoms with E-state index in [0.29, 0.717) is 22.8 Å². The molecule has 3 rings (SSSR count). The molecule has 0 aliphatic carbocycles. The van der Waals surface area contributed by atoms with E-state index in [0.717, 1.165) is 0 Å². The lowest BCUT2D eigenvalue weighted by Crippen LogP contribution is -2.39. The summed E-state index contributed by atoms with van der Waals surface area (Å²) in [6, 6.07) is 11.7. The fraction of sp³-hybridized carbons (Fsp3) is 0.222. The minimum Gasteiger partial charge on any atom is -0.493 e. The second kappa shape index (κ2) is 6.62. The normalized spacial score (nSPS) is 15.5. The van der Waals surface area contributed by atoms with Gasteiger partial charge in [0.15, 0.2) is 28.8 Å². The van der Waals surface area contributed by atoms with Crippen molar-refractivity contribution in [2.75, 3.05) is 13.7 Å². The maximum absolute atomic E-state index is 12.3. The summed E-state index contributed by atoms with van der Waals surface area (Å²) in [7, 11) is 1.44. The molecule has 124 valence electrons. The summed E-state index contributed by atoms with van der Waals surface area (Å²) in [5, 5.41) is 0. The molecule has 0 bridgehead atoms. The van der Waals surface area contributed by atoms with E-state index in [1.165, 1.54) is 26.2 Å². The second-order valence-electron chi connectivity index (χ2n) is 5.21. The van der Waals surface area contributed by atoms with Gasteiger partial charge in [0.25, 0.3) is 0 Å². The molecule has 1 atom stereocenters. The lowest BCUT2D eigenvalue weighted by atomic mass is 10.1. The number of ether oxygens (including phenoxy) is 4. The Morgan fingerprint density at radius 2 is 1.83 bits per heavy atom. The fourth-order valence-corrected chi connectivity index (χ4v) is 2.28. The van der Waals surface area contributed by atoms with Gasteiger partial charge in [-0.05, 0) is 37.3 Å². The molecule has 0 fully saturated rings. The maximum Gasteiger partial charge on any atom is 0.356 e. The zero-order chi connectivity index (χ0) is 17.1. The predicted octanol–water partition coefficient (Wildman–Crippen LogP) is 2.64. The smallest absolute Gasteiger partial charge is 0.356 e. The number of hydrogen-bond acceptors (Lipinski definition) is 6. The van der Waals surface area contributed by atoms with Crippen molar-refractivity contribution in [3.63, 3.8) is 0 Å². The summed E-state index contributed by atoms with van der Waals surface area (Å²) in [6.45, 7) is 1.51. The van der Waals surface area contributed by atoms with Gasteiger partial charge in [-0.1, -0.05) is 12.1 Å². The summed E-state index contributed by atoms with van der Waals surface area (Å²) in [6.07, 6.45) is -0.878. The Morgan fingerprint density at radius 1 is 1.08 bits per heavy atom. The lowest BCUT2D eigenvalue weighted by molar-refractivity contribution is -0.144. The number of Topliss-reactive ketones (excluding diaryl/α,β-unsaturated/α-hetero) is 1. The first-order valence-corrected chi connectivity index (χ1v) is 7.37. The van der Waals surface area contributed by atoms with Crippen LogP contribution in [0.4, 0.5) is 0 Å². The molecule has 0 aromatic heterocycles. The lowest BCUT2D eigenvalue weighted by Gasteiger charge is -2.25. The molecule has 1 heterocycles. The van der Waals surface area contributed by atoms with Gasteiger partial charge in [-0.2, -0.15) is 0 Å². The number of carbonyl (C=O) groups excluding carboxylic acids is 2. The molecule has 0 amide bonds. The minimum atomic E-state index is -0.878. The number of carbonyl (C=O) groups is 2. The summed E-state index contributed by atoms with van der Waals surface area (Å²) in [5.74, 6) is 0.892. The second-order valence-corrected chi connectivity index (χ2v) is 5.21. The van der Waals surface area contributed by atoms with Crippen molar-refractivity contribution in [3.05, 3.63) is 48.0 Å². The van der Waals surface area contributed by atoms with E-state index < -0.39 is 12.1 Å². The third-order valence-electron chi connectivity index (χ3n) is 3.55. The van der Waals surface area contributed by atoms with E-state index in [1.54, 1.807) is 24.3 Å². The average Bonchev–Trinajstić information content (AvgIpc) is 2.61. The van der Waals surface area contributed by atoms with Crippen LogP contribution in [0.3, 0.4) is 0 Å². The predicted molar refractivity (Wildman–Crippen MR) is 85.0 cm³/mol. The maximum atomic E-state index is 12.3. The van der Waals surface area contributed by atoms with Crippen LogP contribution in [0, 0.1) is 0 Å². The van der Waals surface area contributed by atoms with Gasteiger partial charge in [0, 0.05) is 5.56 Å². The number of rotatable bonds is 4. The first-order valence-electron chi connectivity index (χ1n) is 7.37. The van der Waals surface area contributed by atoms with Crippen LogP contribution in [0.2, 0.25) is 0 Å². The number of hydrogen-bond donors (Lipinski definition) is 0. The van der Waals surface area contributed by atoms with Gasteiger partial charge in [-0.15, -0.1) is 0 Å². The van der Waals surface area contributed by atoms with Gasteiger partial charge in [-0.25, -0.2) is 4.79 Å². The van der Waals surface area contributed by atoms with Crippen molar-refractivity contribution in [3.8, 4) is 23.0 Å². The van der Waals surface area contributed by atoms with E-state index in [-0.39, 0.29) is 18.1 Å². The number of methoxy groups -OCH3 is 1. The van der Waals surface area contributed by atoms with Crippen LogP contribution in [0.15, 0.2) is 42.5 Å². The molecule has 6 nitrogen and oxygen atoms in total. The molecule has 0 N–H and O–H groups in total. The molecular weight excluding hydrogens is 312 g/mol. The van der Waals surface area contributed by atoms with Crippen molar-refractivity contribution in [2.24, 2.45) is 0 Å². The number of benzene rings is 2. The zero-order valence-corrected chi connectivity index (χ0v) is 13.3. The standard InChI is InChI=1S/C18H16O6/c1-11(19)12-7-8-15(16(9-12)21-2)24-18(20)17-10-22-13-5-3-4-6-14(13)23-17/h3-9,17H,10H2,1-2H3/t17-/m0/s1. The van der Waals surface area contributed by atoms with Crippen molar-refractivity contribution in [1.82, 2.24) is 0 Å². The van der Waals surface area contributed by atoms with Crippen LogP contribution in [0.1, 0.15) is 17.3 Å².